The van der Waals surface area contributed by atoms with E-state index in [1.165, 1.54) is 17.0 Å². The van der Waals surface area contributed by atoms with E-state index >= 15 is 0 Å². The second-order valence-corrected chi connectivity index (χ2v) is 3.98. The minimum atomic E-state index is -1.15. The molecule has 0 aliphatic heterocycles. The summed E-state index contributed by atoms with van der Waals surface area (Å²) < 4.78 is 26.5. The van der Waals surface area contributed by atoms with Gasteiger partial charge in [-0.05, 0) is 26.0 Å². The van der Waals surface area contributed by atoms with E-state index in [1.807, 2.05) is 6.07 Å². The molecule has 0 aliphatic carbocycles. The van der Waals surface area contributed by atoms with E-state index in [0.717, 1.165) is 6.07 Å². The molecule has 1 unspecified atom stereocenters. The zero-order valence-electron chi connectivity index (χ0n) is 10.3. The van der Waals surface area contributed by atoms with E-state index in [2.05, 4.69) is 0 Å². The van der Waals surface area contributed by atoms with E-state index in [9.17, 15) is 13.6 Å². The number of hydrogen-bond acceptors (Lipinski definition) is 2. The molecule has 0 heterocycles. The molecule has 0 saturated carbocycles. The summed E-state index contributed by atoms with van der Waals surface area (Å²) in [5.41, 5.74) is -0.304. The molecule has 0 radical (unpaired) electrons. The van der Waals surface area contributed by atoms with Crippen molar-refractivity contribution in [3.8, 4) is 6.07 Å². The van der Waals surface area contributed by atoms with Crippen LogP contribution in [0.4, 0.5) is 8.78 Å². The minimum absolute atomic E-state index is 0.196. The monoisotopic (exact) mass is 252 g/mol. The Morgan fingerprint density at radius 3 is 2.72 bits per heavy atom. The zero-order chi connectivity index (χ0) is 13.7. The van der Waals surface area contributed by atoms with Gasteiger partial charge in [-0.25, -0.2) is 8.78 Å². The maximum Gasteiger partial charge on any atom is 0.256 e. The Bertz CT molecular complexity index is 482. The Morgan fingerprint density at radius 2 is 2.17 bits per heavy atom. The lowest BCUT2D eigenvalue weighted by Crippen LogP contribution is -2.35. The van der Waals surface area contributed by atoms with Crippen LogP contribution < -0.4 is 0 Å². The number of benzene rings is 1. The fourth-order valence-electron chi connectivity index (χ4n) is 1.57. The number of amides is 1. The highest BCUT2D eigenvalue weighted by Crippen LogP contribution is 2.14. The molecule has 1 amide bonds. The van der Waals surface area contributed by atoms with Gasteiger partial charge < -0.3 is 4.90 Å². The quantitative estimate of drug-likeness (QED) is 0.826. The molecule has 5 heteroatoms. The summed E-state index contributed by atoms with van der Waals surface area (Å²) in [5, 5.41) is 8.71. The SMILES string of the molecule is CCN(CC(C)C#N)C(=O)c1cccc(F)c1F. The number of carbonyl (C=O) groups excluding carboxylic acids is 1. The molecule has 0 fully saturated rings. The van der Waals surface area contributed by atoms with Gasteiger partial charge in [-0.1, -0.05) is 6.07 Å². The smallest absolute Gasteiger partial charge is 0.256 e. The van der Waals surface area contributed by atoms with E-state index in [-0.39, 0.29) is 18.0 Å². The van der Waals surface area contributed by atoms with Crippen molar-refractivity contribution in [3.05, 3.63) is 35.4 Å². The molecule has 96 valence electrons. The Labute approximate surface area is 105 Å². The van der Waals surface area contributed by atoms with Gasteiger partial charge in [-0.3, -0.25) is 4.79 Å². The Kier molecular flexibility index (Phi) is 4.78. The second kappa shape index (κ2) is 6.10. The van der Waals surface area contributed by atoms with Crippen LogP contribution in [0.25, 0.3) is 0 Å². The standard InChI is InChI=1S/C13H14F2N2O/c1-3-17(8-9(2)7-16)13(18)10-5-4-6-11(14)12(10)15/h4-6,9H,3,8H2,1-2H3. The van der Waals surface area contributed by atoms with Crippen molar-refractivity contribution < 1.29 is 13.6 Å². The third-order valence-electron chi connectivity index (χ3n) is 2.57. The first-order valence-electron chi connectivity index (χ1n) is 5.64. The van der Waals surface area contributed by atoms with Gasteiger partial charge in [-0.2, -0.15) is 5.26 Å². The predicted molar refractivity (Wildman–Crippen MR) is 62.7 cm³/mol. The Balaban J connectivity index is 2.97. The average Bonchev–Trinajstić information content (AvgIpc) is 2.38. The molecule has 18 heavy (non-hydrogen) atoms. The van der Waals surface area contributed by atoms with Crippen molar-refractivity contribution in [2.45, 2.75) is 13.8 Å². The van der Waals surface area contributed by atoms with Crippen molar-refractivity contribution in [2.24, 2.45) is 5.92 Å². The van der Waals surface area contributed by atoms with Gasteiger partial charge in [0.25, 0.3) is 5.91 Å². The molecule has 3 nitrogen and oxygen atoms in total. The van der Waals surface area contributed by atoms with Gasteiger partial charge in [0.1, 0.15) is 0 Å². The van der Waals surface area contributed by atoms with Crippen LogP contribution in [0.2, 0.25) is 0 Å². The number of hydrogen-bond donors (Lipinski definition) is 0. The van der Waals surface area contributed by atoms with Crippen LogP contribution in [0.1, 0.15) is 24.2 Å². The fraction of sp³-hybridized carbons (Fsp3) is 0.385. The van der Waals surface area contributed by atoms with Crippen molar-refractivity contribution in [2.75, 3.05) is 13.1 Å². The van der Waals surface area contributed by atoms with Gasteiger partial charge in [0.05, 0.1) is 17.6 Å². The largest absolute Gasteiger partial charge is 0.338 e. The molecule has 0 saturated heterocycles. The third-order valence-corrected chi connectivity index (χ3v) is 2.57. The molecule has 0 N–H and O–H groups in total. The van der Waals surface area contributed by atoms with Crippen LogP contribution in [0.3, 0.4) is 0 Å². The van der Waals surface area contributed by atoms with Crippen molar-refractivity contribution >= 4 is 5.91 Å². The molecule has 1 aromatic rings. The van der Waals surface area contributed by atoms with Crippen LogP contribution in [0, 0.1) is 28.9 Å². The van der Waals surface area contributed by atoms with Crippen molar-refractivity contribution in [1.82, 2.24) is 4.90 Å². The van der Waals surface area contributed by atoms with E-state index in [0.29, 0.717) is 6.54 Å². The van der Waals surface area contributed by atoms with Gasteiger partial charge in [-0.15, -0.1) is 0 Å². The molecular weight excluding hydrogens is 238 g/mol. The highest BCUT2D eigenvalue weighted by molar-refractivity contribution is 5.94. The summed E-state index contributed by atoms with van der Waals surface area (Å²) in [4.78, 5) is 13.3. The Morgan fingerprint density at radius 1 is 1.50 bits per heavy atom. The number of rotatable bonds is 4. The summed E-state index contributed by atoms with van der Waals surface area (Å²) in [6.45, 7) is 3.92. The maximum absolute atomic E-state index is 13.5. The third kappa shape index (κ3) is 3.04. The fourth-order valence-corrected chi connectivity index (χ4v) is 1.57. The lowest BCUT2D eigenvalue weighted by Gasteiger charge is -2.22. The van der Waals surface area contributed by atoms with E-state index in [1.54, 1.807) is 13.8 Å². The topological polar surface area (TPSA) is 44.1 Å². The molecule has 0 bridgehead atoms. The molecule has 0 aromatic heterocycles. The van der Waals surface area contributed by atoms with Gasteiger partial charge >= 0.3 is 0 Å². The lowest BCUT2D eigenvalue weighted by atomic mass is 10.1. The number of nitrogens with zero attached hydrogens (tertiary/aromatic N) is 2. The number of halogens is 2. The summed E-state index contributed by atoms with van der Waals surface area (Å²) >= 11 is 0. The van der Waals surface area contributed by atoms with E-state index < -0.39 is 17.5 Å². The van der Waals surface area contributed by atoms with Gasteiger partial charge in [0.2, 0.25) is 0 Å². The highest BCUT2D eigenvalue weighted by atomic mass is 19.2. The van der Waals surface area contributed by atoms with Crippen molar-refractivity contribution in [3.63, 3.8) is 0 Å². The Hall–Kier alpha value is -1.96. The maximum atomic E-state index is 13.5. The predicted octanol–water partition coefficient (Wildman–Crippen LogP) is 2.59. The average molecular weight is 252 g/mol. The van der Waals surface area contributed by atoms with Crippen LogP contribution in [-0.2, 0) is 0 Å². The molecule has 0 spiro atoms. The van der Waals surface area contributed by atoms with Crippen LogP contribution in [0.15, 0.2) is 18.2 Å². The first-order valence-corrected chi connectivity index (χ1v) is 5.64. The summed E-state index contributed by atoms with van der Waals surface area (Å²) in [5.74, 6) is -3.15. The minimum Gasteiger partial charge on any atom is -0.338 e. The number of nitriles is 1. The highest BCUT2D eigenvalue weighted by Gasteiger charge is 2.21. The molecule has 1 aromatic carbocycles. The first kappa shape index (κ1) is 14.1. The van der Waals surface area contributed by atoms with Gasteiger partial charge in [0, 0.05) is 13.1 Å². The van der Waals surface area contributed by atoms with Crippen LogP contribution in [0.5, 0.6) is 0 Å². The molecule has 0 aliphatic rings. The summed E-state index contributed by atoms with van der Waals surface area (Å²) in [7, 11) is 0. The molecule has 1 rings (SSSR count). The summed E-state index contributed by atoms with van der Waals surface area (Å²) in [6, 6.07) is 5.48. The van der Waals surface area contributed by atoms with Crippen molar-refractivity contribution in [1.29, 1.82) is 5.26 Å². The lowest BCUT2D eigenvalue weighted by molar-refractivity contribution is 0.0747. The van der Waals surface area contributed by atoms with Gasteiger partial charge in [0.15, 0.2) is 11.6 Å². The van der Waals surface area contributed by atoms with Crippen LogP contribution in [-0.4, -0.2) is 23.9 Å². The molecular formula is C13H14F2N2O. The number of carbonyl (C=O) groups is 1. The summed E-state index contributed by atoms with van der Waals surface area (Å²) in [6.07, 6.45) is 0. The second-order valence-electron chi connectivity index (χ2n) is 3.98. The molecule has 1 atom stereocenters. The van der Waals surface area contributed by atoms with Crippen LogP contribution >= 0.6 is 0 Å². The van der Waals surface area contributed by atoms with E-state index in [4.69, 9.17) is 5.26 Å². The first-order chi connectivity index (χ1) is 8.51. The zero-order valence-corrected chi connectivity index (χ0v) is 10.3. The normalized spacial score (nSPS) is 11.7.